The molecule has 0 heterocycles. The van der Waals surface area contributed by atoms with Gasteiger partial charge in [0.15, 0.2) is 0 Å². The lowest BCUT2D eigenvalue weighted by Crippen LogP contribution is -2.46. The van der Waals surface area contributed by atoms with Crippen LogP contribution in [-0.2, 0) is 14.3 Å². The second kappa shape index (κ2) is 7.90. The zero-order valence-electron chi connectivity index (χ0n) is 14.2. The fourth-order valence-corrected chi connectivity index (χ4v) is 3.19. The van der Waals surface area contributed by atoms with Crippen molar-refractivity contribution >= 4 is 17.6 Å². The summed E-state index contributed by atoms with van der Waals surface area (Å²) in [5.41, 5.74) is 2.42. The molecule has 1 aromatic carbocycles. The van der Waals surface area contributed by atoms with Crippen molar-refractivity contribution in [1.29, 1.82) is 5.26 Å². The Morgan fingerprint density at radius 1 is 1.44 bits per heavy atom. The summed E-state index contributed by atoms with van der Waals surface area (Å²) in [5, 5.41) is 23.2. The van der Waals surface area contributed by atoms with E-state index < -0.39 is 23.4 Å². The van der Waals surface area contributed by atoms with Crippen LogP contribution in [0.3, 0.4) is 0 Å². The number of amides is 1. The van der Waals surface area contributed by atoms with Gasteiger partial charge in [0.1, 0.15) is 12.3 Å². The van der Waals surface area contributed by atoms with Gasteiger partial charge >= 0.3 is 5.97 Å². The average molecular weight is 343 g/mol. The maximum absolute atomic E-state index is 12.4. The lowest BCUT2D eigenvalue weighted by molar-refractivity contribution is -0.144. The van der Waals surface area contributed by atoms with Crippen LogP contribution in [0.2, 0.25) is 0 Å². The van der Waals surface area contributed by atoms with Gasteiger partial charge < -0.3 is 9.84 Å². The molecule has 0 radical (unpaired) electrons. The van der Waals surface area contributed by atoms with Gasteiger partial charge in [-0.15, -0.1) is 0 Å². The van der Waals surface area contributed by atoms with Crippen LogP contribution in [0.15, 0.2) is 35.4 Å². The summed E-state index contributed by atoms with van der Waals surface area (Å²) in [6.45, 7) is 1.67. The van der Waals surface area contributed by atoms with E-state index in [9.17, 15) is 14.7 Å². The molecule has 0 unspecified atom stereocenters. The maximum atomic E-state index is 12.4. The Labute approximate surface area is 146 Å². The van der Waals surface area contributed by atoms with E-state index in [4.69, 9.17) is 10.00 Å². The summed E-state index contributed by atoms with van der Waals surface area (Å²) in [5.74, 6) is -2.09. The molecule has 132 valence electrons. The largest absolute Gasteiger partial charge is 0.468 e. The van der Waals surface area contributed by atoms with Crippen molar-refractivity contribution < 1.29 is 19.4 Å². The van der Waals surface area contributed by atoms with E-state index in [1.807, 2.05) is 30.3 Å². The molecule has 0 saturated heterocycles. The van der Waals surface area contributed by atoms with Gasteiger partial charge in [0.05, 0.1) is 24.5 Å². The molecule has 3 atom stereocenters. The third-order valence-corrected chi connectivity index (χ3v) is 4.23. The van der Waals surface area contributed by atoms with Crippen molar-refractivity contribution in [2.45, 2.75) is 37.7 Å². The molecule has 2 rings (SSSR count). The molecule has 1 aliphatic rings. The summed E-state index contributed by atoms with van der Waals surface area (Å²) >= 11 is 0. The summed E-state index contributed by atoms with van der Waals surface area (Å²) in [7, 11) is 1.29. The van der Waals surface area contributed by atoms with Gasteiger partial charge in [-0.3, -0.25) is 9.59 Å². The van der Waals surface area contributed by atoms with Crippen LogP contribution in [0.5, 0.6) is 0 Å². The first-order chi connectivity index (χ1) is 11.9. The van der Waals surface area contributed by atoms with Crippen molar-refractivity contribution in [3.63, 3.8) is 0 Å². The third kappa shape index (κ3) is 4.64. The number of nitrogens with zero attached hydrogens (tertiary/aromatic N) is 2. The molecular formula is C18H21N3O4. The Morgan fingerprint density at radius 3 is 2.72 bits per heavy atom. The number of rotatable bonds is 4. The number of esters is 1. The van der Waals surface area contributed by atoms with E-state index in [0.29, 0.717) is 12.1 Å². The minimum atomic E-state index is -1.08. The van der Waals surface area contributed by atoms with Crippen LogP contribution in [-0.4, -0.2) is 35.4 Å². The molecule has 1 fully saturated rings. The highest BCUT2D eigenvalue weighted by Crippen LogP contribution is 2.41. The number of aliphatic hydroxyl groups is 1. The molecule has 1 amide bonds. The van der Waals surface area contributed by atoms with E-state index >= 15 is 0 Å². The number of hydrogen-bond acceptors (Lipinski definition) is 6. The Balaban J connectivity index is 2.41. The Kier molecular flexibility index (Phi) is 5.88. The molecule has 0 bridgehead atoms. The van der Waals surface area contributed by atoms with Crippen LogP contribution in [0.1, 0.15) is 37.7 Å². The molecular weight excluding hydrogens is 322 g/mol. The molecule has 1 saturated carbocycles. The van der Waals surface area contributed by atoms with Crippen LogP contribution < -0.4 is 5.43 Å². The topological polar surface area (TPSA) is 112 Å². The lowest BCUT2D eigenvalue weighted by atomic mass is 9.68. The van der Waals surface area contributed by atoms with Gasteiger partial charge in [0.25, 0.3) is 5.91 Å². The van der Waals surface area contributed by atoms with Crippen LogP contribution in [0, 0.1) is 17.2 Å². The first-order valence-electron chi connectivity index (χ1n) is 7.95. The fourth-order valence-electron chi connectivity index (χ4n) is 3.19. The highest BCUT2D eigenvalue weighted by Gasteiger charge is 2.45. The van der Waals surface area contributed by atoms with Crippen LogP contribution >= 0.6 is 0 Å². The van der Waals surface area contributed by atoms with Gasteiger partial charge in [0.2, 0.25) is 0 Å². The average Bonchev–Trinajstić information content (AvgIpc) is 2.59. The number of benzene rings is 1. The quantitative estimate of drug-likeness (QED) is 0.635. The number of carbonyl (C=O) groups is 2. The fraction of sp³-hybridized carbons (Fsp3) is 0.444. The smallest absolute Gasteiger partial charge is 0.315 e. The highest BCUT2D eigenvalue weighted by molar-refractivity contribution is 6.04. The molecule has 0 aromatic heterocycles. The number of methoxy groups -OCH3 is 1. The first kappa shape index (κ1) is 18.6. The number of hydrazone groups is 1. The van der Waals surface area contributed by atoms with Crippen LogP contribution in [0.4, 0.5) is 0 Å². The summed E-state index contributed by atoms with van der Waals surface area (Å²) in [6, 6.07) is 11.1. The number of hydrogen-bond donors (Lipinski definition) is 2. The van der Waals surface area contributed by atoms with E-state index in [-0.39, 0.29) is 18.8 Å². The molecule has 0 aliphatic heterocycles. The third-order valence-electron chi connectivity index (χ3n) is 4.23. The van der Waals surface area contributed by atoms with Crippen molar-refractivity contribution in [2.24, 2.45) is 11.0 Å². The Hall–Kier alpha value is -2.72. The predicted molar refractivity (Wildman–Crippen MR) is 90.4 cm³/mol. The minimum absolute atomic E-state index is 0.128. The van der Waals surface area contributed by atoms with Crippen LogP contribution in [0.25, 0.3) is 0 Å². The highest BCUT2D eigenvalue weighted by atomic mass is 16.5. The van der Waals surface area contributed by atoms with Gasteiger partial charge in [0, 0.05) is 12.3 Å². The molecule has 2 N–H and O–H groups in total. The number of nitriles is 1. The molecule has 7 nitrogen and oxygen atoms in total. The van der Waals surface area contributed by atoms with Crippen molar-refractivity contribution in [3.05, 3.63) is 35.9 Å². The maximum Gasteiger partial charge on any atom is 0.315 e. The second-order valence-electron chi connectivity index (χ2n) is 6.37. The van der Waals surface area contributed by atoms with Crippen molar-refractivity contribution in [1.82, 2.24) is 5.43 Å². The van der Waals surface area contributed by atoms with E-state index in [1.165, 1.54) is 7.11 Å². The Morgan fingerprint density at radius 2 is 2.12 bits per heavy atom. The zero-order valence-corrected chi connectivity index (χ0v) is 14.2. The van der Waals surface area contributed by atoms with Crippen molar-refractivity contribution in [2.75, 3.05) is 7.11 Å². The monoisotopic (exact) mass is 343 g/mol. The first-order valence-corrected chi connectivity index (χ1v) is 7.95. The lowest BCUT2D eigenvalue weighted by Gasteiger charge is -2.39. The summed E-state index contributed by atoms with van der Waals surface area (Å²) in [6.07, 6.45) is 0.156. The number of ether oxygens (including phenoxy) is 1. The van der Waals surface area contributed by atoms with E-state index in [0.717, 1.165) is 5.56 Å². The van der Waals surface area contributed by atoms with Gasteiger partial charge in [-0.1, -0.05) is 30.3 Å². The molecule has 1 aromatic rings. The van der Waals surface area contributed by atoms with Crippen molar-refractivity contribution in [3.8, 4) is 6.07 Å². The SMILES string of the molecule is COC(=O)[C@@H]1/C(=N\NC(=O)CC#N)C[C@](C)(O)C[C@H]1c1ccccc1. The van der Waals surface area contributed by atoms with Gasteiger partial charge in [-0.25, -0.2) is 5.43 Å². The molecule has 25 heavy (non-hydrogen) atoms. The molecule has 1 aliphatic carbocycles. The van der Waals surface area contributed by atoms with Gasteiger partial charge in [-0.2, -0.15) is 10.4 Å². The van der Waals surface area contributed by atoms with Gasteiger partial charge in [-0.05, 0) is 18.9 Å². The zero-order chi connectivity index (χ0) is 18.4. The number of nitrogens with one attached hydrogen (secondary N) is 1. The van der Waals surface area contributed by atoms with E-state index in [1.54, 1.807) is 13.0 Å². The number of carbonyl (C=O) groups excluding carboxylic acids is 2. The minimum Gasteiger partial charge on any atom is -0.468 e. The Bertz CT molecular complexity index is 707. The molecule has 7 heteroatoms. The molecule has 0 spiro atoms. The predicted octanol–water partition coefficient (Wildman–Crippen LogP) is 1.49. The second-order valence-corrected chi connectivity index (χ2v) is 6.37. The summed E-state index contributed by atoms with van der Waals surface area (Å²) in [4.78, 5) is 23.9. The van der Waals surface area contributed by atoms with E-state index in [2.05, 4.69) is 10.5 Å². The standard InChI is InChI=1S/C18H21N3O4/c1-18(24)10-13(12-6-4-3-5-7-12)16(17(23)25-2)14(11-18)20-21-15(22)8-9-19/h3-7,13,16,24H,8,10-11H2,1-2H3,(H,21,22)/b20-14-/t13-,16-,18+/m0/s1. The summed E-state index contributed by atoms with van der Waals surface area (Å²) < 4.78 is 4.93. The normalized spacial score (nSPS) is 27.4.